The minimum atomic E-state index is -0.174. The molecule has 0 amide bonds. The lowest BCUT2D eigenvalue weighted by molar-refractivity contribution is 0.569. The first-order valence-corrected chi connectivity index (χ1v) is 5.59. The summed E-state index contributed by atoms with van der Waals surface area (Å²) < 4.78 is 1.67. The molecule has 0 aliphatic rings. The summed E-state index contributed by atoms with van der Waals surface area (Å²) in [5.74, 6) is 0.717. The van der Waals surface area contributed by atoms with Gasteiger partial charge in [0.05, 0.1) is 12.6 Å². The molecule has 2 rings (SSSR count). The highest BCUT2D eigenvalue weighted by Crippen LogP contribution is 2.16. The molecular weight excluding hydrogens is 216 g/mol. The predicted octanol–water partition coefficient (Wildman–Crippen LogP) is 0.900. The van der Waals surface area contributed by atoms with Crippen molar-refractivity contribution in [3.8, 4) is 0 Å². The number of aromatic nitrogens is 3. The molecule has 0 fully saturated rings. The van der Waals surface area contributed by atoms with Gasteiger partial charge in [-0.25, -0.2) is 9.89 Å². The smallest absolute Gasteiger partial charge is 0.313 e. The molecule has 0 saturated carbocycles. The van der Waals surface area contributed by atoms with Crippen LogP contribution in [0, 0.1) is 0 Å². The van der Waals surface area contributed by atoms with Crippen LogP contribution in [0.5, 0.6) is 0 Å². The van der Waals surface area contributed by atoms with Crippen molar-refractivity contribution in [1.29, 1.82) is 0 Å². The van der Waals surface area contributed by atoms with Gasteiger partial charge in [-0.3, -0.25) is 4.57 Å². The molecule has 0 aliphatic heterocycles. The van der Waals surface area contributed by atoms with E-state index in [0.29, 0.717) is 12.4 Å². The lowest BCUT2D eigenvalue weighted by atomic mass is 10.1. The number of H-pyrrole nitrogens is 1. The number of nitrogens with zero attached hydrogens (tertiary/aromatic N) is 2. The van der Waals surface area contributed by atoms with Crippen molar-refractivity contribution < 1.29 is 0 Å². The van der Waals surface area contributed by atoms with Crippen LogP contribution in [0.4, 0.5) is 0 Å². The Balaban J connectivity index is 2.40. The van der Waals surface area contributed by atoms with Crippen LogP contribution >= 0.6 is 0 Å². The Morgan fingerprint density at radius 2 is 2.12 bits per heavy atom. The van der Waals surface area contributed by atoms with Crippen molar-refractivity contribution in [3.05, 3.63) is 52.2 Å². The third kappa shape index (κ3) is 2.29. The summed E-state index contributed by atoms with van der Waals surface area (Å²) >= 11 is 0. The monoisotopic (exact) mass is 232 g/mol. The summed E-state index contributed by atoms with van der Waals surface area (Å²) in [6.07, 6.45) is 0. The molecule has 0 bridgehead atoms. The Bertz CT molecular complexity index is 529. The van der Waals surface area contributed by atoms with Gasteiger partial charge in [0.15, 0.2) is 0 Å². The molecule has 0 aliphatic carbocycles. The molecule has 5 heteroatoms. The molecule has 1 aromatic heterocycles. The molecule has 2 N–H and O–H groups in total. The second kappa shape index (κ2) is 4.97. The lowest BCUT2D eigenvalue weighted by Crippen LogP contribution is -2.25. The van der Waals surface area contributed by atoms with Crippen LogP contribution in [0.2, 0.25) is 0 Å². The minimum absolute atomic E-state index is 0.0224. The highest BCUT2D eigenvalue weighted by Gasteiger charge is 2.15. The molecule has 1 heterocycles. The average Bonchev–Trinajstić information content (AvgIpc) is 2.71. The molecule has 0 saturated heterocycles. The molecular formula is C12H16N4O. The van der Waals surface area contributed by atoms with Gasteiger partial charge in [-0.1, -0.05) is 30.3 Å². The van der Waals surface area contributed by atoms with Gasteiger partial charge in [-0.2, -0.15) is 5.10 Å². The van der Waals surface area contributed by atoms with Gasteiger partial charge in [0.1, 0.15) is 5.82 Å². The van der Waals surface area contributed by atoms with E-state index in [0.717, 1.165) is 5.56 Å². The standard InChI is InChI=1S/C12H16N4O/c1-9(10-6-4-3-5-7-10)16-11(8-13-2)14-15-12(16)17/h3-7,9,13H,8H2,1-2H3,(H,15,17)/t9-/m0/s1. The van der Waals surface area contributed by atoms with E-state index in [4.69, 9.17) is 0 Å². The normalized spacial score (nSPS) is 12.6. The van der Waals surface area contributed by atoms with E-state index in [-0.39, 0.29) is 11.7 Å². The first-order valence-electron chi connectivity index (χ1n) is 5.59. The second-order valence-corrected chi connectivity index (χ2v) is 3.93. The van der Waals surface area contributed by atoms with Gasteiger partial charge in [-0.15, -0.1) is 0 Å². The van der Waals surface area contributed by atoms with E-state index in [1.54, 1.807) is 4.57 Å². The predicted molar refractivity (Wildman–Crippen MR) is 65.9 cm³/mol. The first-order chi connectivity index (χ1) is 8.24. The fraction of sp³-hybridized carbons (Fsp3) is 0.333. The fourth-order valence-corrected chi connectivity index (χ4v) is 1.90. The summed E-state index contributed by atoms with van der Waals surface area (Å²) in [7, 11) is 1.83. The van der Waals surface area contributed by atoms with Crippen molar-refractivity contribution in [2.45, 2.75) is 19.5 Å². The molecule has 2 aromatic rings. The third-order valence-corrected chi connectivity index (χ3v) is 2.78. The lowest BCUT2D eigenvalue weighted by Gasteiger charge is -2.14. The van der Waals surface area contributed by atoms with Crippen LogP contribution < -0.4 is 11.0 Å². The Labute approximate surface area is 99.5 Å². The number of hydrogen-bond acceptors (Lipinski definition) is 3. The third-order valence-electron chi connectivity index (χ3n) is 2.78. The van der Waals surface area contributed by atoms with Crippen molar-refractivity contribution in [3.63, 3.8) is 0 Å². The van der Waals surface area contributed by atoms with Gasteiger partial charge in [0.25, 0.3) is 0 Å². The largest absolute Gasteiger partial charge is 0.343 e. The van der Waals surface area contributed by atoms with E-state index < -0.39 is 0 Å². The van der Waals surface area contributed by atoms with Gasteiger partial charge in [0, 0.05) is 0 Å². The summed E-state index contributed by atoms with van der Waals surface area (Å²) in [4.78, 5) is 11.7. The van der Waals surface area contributed by atoms with Gasteiger partial charge in [0.2, 0.25) is 0 Å². The van der Waals surface area contributed by atoms with Crippen LogP contribution in [-0.4, -0.2) is 21.8 Å². The highest BCUT2D eigenvalue weighted by atomic mass is 16.1. The Kier molecular flexibility index (Phi) is 3.39. The van der Waals surface area contributed by atoms with Gasteiger partial charge >= 0.3 is 5.69 Å². The number of aromatic amines is 1. The summed E-state index contributed by atoms with van der Waals surface area (Å²) in [5.41, 5.74) is 0.917. The minimum Gasteiger partial charge on any atom is -0.313 e. The SMILES string of the molecule is CNCc1n[nH]c(=O)n1[C@@H](C)c1ccccc1. The molecule has 0 spiro atoms. The van der Waals surface area contributed by atoms with Crippen LogP contribution in [0.25, 0.3) is 0 Å². The molecule has 5 nitrogen and oxygen atoms in total. The molecule has 1 aromatic carbocycles. The molecule has 17 heavy (non-hydrogen) atoms. The summed E-state index contributed by atoms with van der Waals surface area (Å²) in [6.45, 7) is 2.56. The summed E-state index contributed by atoms with van der Waals surface area (Å²) in [5, 5.41) is 9.51. The van der Waals surface area contributed by atoms with E-state index in [1.165, 1.54) is 0 Å². The first kappa shape index (κ1) is 11.6. The second-order valence-electron chi connectivity index (χ2n) is 3.93. The van der Waals surface area contributed by atoms with Crippen LogP contribution in [0.15, 0.2) is 35.1 Å². The Morgan fingerprint density at radius 3 is 2.76 bits per heavy atom. The van der Waals surface area contributed by atoms with Gasteiger partial charge < -0.3 is 5.32 Å². The van der Waals surface area contributed by atoms with E-state index in [1.807, 2.05) is 44.3 Å². The Hall–Kier alpha value is -1.88. The number of benzene rings is 1. The van der Waals surface area contributed by atoms with Crippen molar-refractivity contribution >= 4 is 0 Å². The number of hydrogen-bond donors (Lipinski definition) is 2. The van der Waals surface area contributed by atoms with Crippen LogP contribution in [0.1, 0.15) is 24.4 Å². The molecule has 0 unspecified atom stereocenters. The quantitative estimate of drug-likeness (QED) is 0.823. The van der Waals surface area contributed by atoms with Crippen LogP contribution in [-0.2, 0) is 6.54 Å². The number of rotatable bonds is 4. The molecule has 90 valence electrons. The van der Waals surface area contributed by atoms with Crippen molar-refractivity contribution in [2.75, 3.05) is 7.05 Å². The maximum absolute atomic E-state index is 11.7. The molecule has 0 radical (unpaired) electrons. The van der Waals surface area contributed by atoms with E-state index in [2.05, 4.69) is 15.5 Å². The average molecular weight is 232 g/mol. The van der Waals surface area contributed by atoms with Gasteiger partial charge in [-0.05, 0) is 19.5 Å². The van der Waals surface area contributed by atoms with E-state index in [9.17, 15) is 4.79 Å². The maximum atomic E-state index is 11.7. The number of nitrogens with one attached hydrogen (secondary N) is 2. The zero-order chi connectivity index (χ0) is 12.3. The zero-order valence-corrected chi connectivity index (χ0v) is 9.97. The topological polar surface area (TPSA) is 62.7 Å². The van der Waals surface area contributed by atoms with Crippen LogP contribution in [0.3, 0.4) is 0 Å². The van der Waals surface area contributed by atoms with Crippen molar-refractivity contribution in [1.82, 2.24) is 20.1 Å². The maximum Gasteiger partial charge on any atom is 0.343 e. The van der Waals surface area contributed by atoms with E-state index >= 15 is 0 Å². The highest BCUT2D eigenvalue weighted by molar-refractivity contribution is 5.19. The summed E-state index contributed by atoms with van der Waals surface area (Å²) in [6, 6.07) is 9.89. The Morgan fingerprint density at radius 1 is 1.41 bits per heavy atom. The molecule has 1 atom stereocenters. The fourth-order valence-electron chi connectivity index (χ4n) is 1.90. The van der Waals surface area contributed by atoms with Crippen molar-refractivity contribution in [2.24, 2.45) is 0 Å². The zero-order valence-electron chi connectivity index (χ0n) is 9.97.